The van der Waals surface area contributed by atoms with E-state index in [1.54, 1.807) is 6.26 Å². The molecule has 61 heavy (non-hydrogen) atoms. The van der Waals surface area contributed by atoms with E-state index in [1.165, 1.54) is 31.3 Å². The molecule has 8 rings (SSSR count). The van der Waals surface area contributed by atoms with Gasteiger partial charge in [-0.15, -0.1) is 0 Å². The zero-order valence-electron chi connectivity index (χ0n) is 31.6. The third-order valence-electron chi connectivity index (χ3n) is 10.5. The van der Waals surface area contributed by atoms with Gasteiger partial charge in [-0.05, 0) is 72.5 Å². The monoisotopic (exact) mass is 887 g/mol. The molecule has 2 unspecified atom stereocenters. The van der Waals surface area contributed by atoms with Gasteiger partial charge in [-0.1, -0.05) is 23.5 Å². The second-order valence-electron chi connectivity index (χ2n) is 14.3. The maximum Gasteiger partial charge on any atom is 0.293 e. The number of benzene rings is 3. The van der Waals surface area contributed by atoms with E-state index in [4.69, 9.17) is 17.0 Å². The van der Waals surface area contributed by atoms with Crippen LogP contribution in [0.4, 0.5) is 40.8 Å². The fourth-order valence-corrected chi connectivity index (χ4v) is 8.48. The number of alkyl halides is 4. The van der Waals surface area contributed by atoms with Crippen molar-refractivity contribution in [3.8, 4) is 16.9 Å². The van der Waals surface area contributed by atoms with Crippen molar-refractivity contribution < 1.29 is 39.9 Å². The van der Waals surface area contributed by atoms with E-state index in [0.29, 0.717) is 10.7 Å². The van der Waals surface area contributed by atoms with E-state index < -0.39 is 89.3 Å². The van der Waals surface area contributed by atoms with Crippen LogP contribution in [0.5, 0.6) is 0 Å². The Bertz CT molecular complexity index is 2840. The van der Waals surface area contributed by atoms with Crippen molar-refractivity contribution >= 4 is 52.0 Å². The molecule has 316 valence electrons. The fourth-order valence-electron chi connectivity index (χ4n) is 7.92. The first kappa shape index (κ1) is 41.7. The molecule has 4 N–H and O–H groups in total. The quantitative estimate of drug-likeness (QED) is 0.0416. The van der Waals surface area contributed by atoms with Crippen LogP contribution >= 0.6 is 23.5 Å². The summed E-state index contributed by atoms with van der Waals surface area (Å²) in [4.78, 5) is 37.9. The van der Waals surface area contributed by atoms with Crippen molar-refractivity contribution in [1.29, 1.82) is 5.41 Å². The zero-order valence-corrected chi connectivity index (χ0v) is 33.1. The van der Waals surface area contributed by atoms with Crippen LogP contribution < -0.4 is 20.9 Å². The van der Waals surface area contributed by atoms with Crippen LogP contribution in [-0.4, -0.2) is 49.4 Å². The van der Waals surface area contributed by atoms with Crippen molar-refractivity contribution in [2.75, 3.05) is 18.6 Å². The molecule has 3 atom stereocenters. The normalized spacial score (nSPS) is 16.7. The number of amidine groups is 1. The van der Waals surface area contributed by atoms with Gasteiger partial charge in [0.05, 0.1) is 39.1 Å². The lowest BCUT2D eigenvalue weighted by Gasteiger charge is -2.25. The molecule has 6 aromatic rings. The van der Waals surface area contributed by atoms with Crippen molar-refractivity contribution in [3.63, 3.8) is 0 Å². The molecule has 3 aromatic carbocycles. The molecule has 0 bridgehead atoms. The van der Waals surface area contributed by atoms with E-state index in [-0.39, 0.29) is 73.5 Å². The first-order chi connectivity index (χ1) is 29.0. The van der Waals surface area contributed by atoms with Gasteiger partial charge in [0, 0.05) is 42.8 Å². The Hall–Kier alpha value is -6.02. The summed E-state index contributed by atoms with van der Waals surface area (Å²) in [6, 6.07) is 8.76. The number of hydrogen-bond donors (Lipinski definition) is 4. The Balaban J connectivity index is 1.34. The van der Waals surface area contributed by atoms with E-state index >= 15 is 8.78 Å². The number of pyridine rings is 1. The third kappa shape index (κ3) is 7.44. The third-order valence-corrected chi connectivity index (χ3v) is 11.2. The Morgan fingerprint density at radius 1 is 1.02 bits per heavy atom. The van der Waals surface area contributed by atoms with Crippen molar-refractivity contribution in [1.82, 2.24) is 34.4 Å². The second-order valence-corrected chi connectivity index (χ2v) is 15.3. The maximum atomic E-state index is 15.5. The number of aromatic nitrogens is 5. The minimum atomic E-state index is -3.57. The van der Waals surface area contributed by atoms with E-state index in [0.717, 1.165) is 46.8 Å². The molecule has 0 radical (unpaired) electrons. The standard InChI is InChI=1S/C40H30ClF8N9O2S/c1-51-32-28(8-5-24(41)31(32)36(50)56-61-2)58-38(54-37-20(39(58)60)4-7-26(53-37)22-13-17(42)3-6-25(22)45)27(11-16-9-18(43)12-19(44)10-16)52-29(59)15-57-34-30(33(55-57)35(46)47)21-14-23(21)40(34,48)49/h3-10,12-13,21,23,27,35,51H,11,14-15H2,1-2H3,(H2,50,56)(H,52,59)/t21-,23?,27?/m0/s1. The fraction of sp³-hybridized carbons (Fsp3) is 0.250. The smallest absolute Gasteiger partial charge is 0.293 e. The SMILES string of the molecule is CNc1c(-n2c(C(Cc3cc(F)cc(F)c3)NC(=O)Cn3nc(C(F)F)c4c3C(F)(F)C3C[C@H]43)nc3nc(-c4cc(F)ccc4F)ccc3c2=O)ccc(Cl)c1C(=N)NSC. The molecule has 0 spiro atoms. The van der Waals surface area contributed by atoms with Crippen molar-refractivity contribution in [2.24, 2.45) is 5.92 Å². The lowest BCUT2D eigenvalue weighted by atomic mass is 10.0. The number of nitrogens with one attached hydrogen (secondary N) is 4. The van der Waals surface area contributed by atoms with Crippen LogP contribution in [0.15, 0.2) is 65.5 Å². The number of nitrogens with zero attached hydrogens (tertiary/aromatic N) is 5. The summed E-state index contributed by atoms with van der Waals surface area (Å²) < 4.78 is 122. The molecule has 3 aromatic heterocycles. The average Bonchev–Trinajstić information content (AvgIpc) is 3.86. The largest absolute Gasteiger partial charge is 0.386 e. The number of rotatable bonds is 12. The van der Waals surface area contributed by atoms with Gasteiger partial charge >= 0.3 is 0 Å². The molecule has 0 saturated heterocycles. The molecular formula is C40H30ClF8N9O2S. The molecule has 1 amide bonds. The predicted molar refractivity (Wildman–Crippen MR) is 211 cm³/mol. The highest BCUT2D eigenvalue weighted by molar-refractivity contribution is 7.97. The number of halogens is 9. The van der Waals surface area contributed by atoms with Gasteiger partial charge in [0.1, 0.15) is 52.9 Å². The Labute approximate surface area is 349 Å². The molecule has 1 fully saturated rings. The number of amides is 1. The molecule has 3 heterocycles. The summed E-state index contributed by atoms with van der Waals surface area (Å²) >= 11 is 7.64. The molecule has 0 aliphatic heterocycles. The van der Waals surface area contributed by atoms with Crippen LogP contribution in [0.2, 0.25) is 5.02 Å². The first-order valence-corrected chi connectivity index (χ1v) is 19.9. The van der Waals surface area contributed by atoms with Gasteiger partial charge in [-0.3, -0.25) is 24.2 Å². The van der Waals surface area contributed by atoms with E-state index in [1.807, 2.05) is 0 Å². The Kier molecular flexibility index (Phi) is 10.8. The van der Waals surface area contributed by atoms with Gasteiger partial charge < -0.3 is 15.4 Å². The molecule has 1 saturated carbocycles. The summed E-state index contributed by atoms with van der Waals surface area (Å²) in [7, 11) is 1.47. The van der Waals surface area contributed by atoms with Crippen LogP contribution in [0, 0.1) is 34.6 Å². The van der Waals surface area contributed by atoms with Gasteiger partial charge in [0.25, 0.3) is 17.9 Å². The highest BCUT2D eigenvalue weighted by atomic mass is 35.5. The van der Waals surface area contributed by atoms with Crippen molar-refractivity contribution in [2.45, 2.75) is 43.7 Å². The van der Waals surface area contributed by atoms with Gasteiger partial charge in [0.2, 0.25) is 5.91 Å². The average molecular weight is 888 g/mol. The first-order valence-electron chi connectivity index (χ1n) is 18.3. The number of fused-ring (bicyclic) bond motifs is 4. The summed E-state index contributed by atoms with van der Waals surface area (Å²) in [6.07, 6.45) is -2.13. The second kappa shape index (κ2) is 15.8. The number of carbonyl (C=O) groups excluding carboxylic acids is 1. The number of anilines is 1. The van der Waals surface area contributed by atoms with Crippen LogP contribution in [0.25, 0.3) is 28.0 Å². The summed E-state index contributed by atoms with van der Waals surface area (Å²) in [5, 5.41) is 17.8. The predicted octanol–water partition coefficient (Wildman–Crippen LogP) is 8.34. The molecule has 2 aliphatic rings. The molecule has 2 aliphatic carbocycles. The molecule has 11 nitrogen and oxygen atoms in total. The van der Waals surface area contributed by atoms with Crippen molar-refractivity contribution in [3.05, 3.63) is 133 Å². The minimum absolute atomic E-state index is 0.0146. The van der Waals surface area contributed by atoms with Crippen LogP contribution in [0.3, 0.4) is 0 Å². The van der Waals surface area contributed by atoms with Gasteiger partial charge in [-0.25, -0.2) is 36.3 Å². The van der Waals surface area contributed by atoms with E-state index in [9.17, 15) is 35.9 Å². The van der Waals surface area contributed by atoms with Crippen LogP contribution in [-0.2, 0) is 23.7 Å². The summed E-state index contributed by atoms with van der Waals surface area (Å²) in [5.74, 6) is -11.0. The Morgan fingerprint density at radius 2 is 1.75 bits per heavy atom. The maximum absolute atomic E-state index is 15.5. The lowest BCUT2D eigenvalue weighted by Crippen LogP contribution is -2.38. The molecular weight excluding hydrogens is 858 g/mol. The summed E-state index contributed by atoms with van der Waals surface area (Å²) in [5.41, 5.74) is -3.62. The highest BCUT2D eigenvalue weighted by Gasteiger charge is 2.67. The van der Waals surface area contributed by atoms with Gasteiger partial charge in [0.15, 0.2) is 5.65 Å². The minimum Gasteiger partial charge on any atom is -0.386 e. The topological polar surface area (TPSA) is 143 Å². The summed E-state index contributed by atoms with van der Waals surface area (Å²) in [6.45, 7) is -1.03. The zero-order chi connectivity index (χ0) is 43.7. The number of carbonyl (C=O) groups is 1. The van der Waals surface area contributed by atoms with Crippen LogP contribution in [0.1, 0.15) is 58.7 Å². The van der Waals surface area contributed by atoms with E-state index in [2.05, 4.69) is 30.4 Å². The van der Waals surface area contributed by atoms with Gasteiger partial charge in [-0.2, -0.15) is 13.9 Å². The Morgan fingerprint density at radius 3 is 2.44 bits per heavy atom. The lowest BCUT2D eigenvalue weighted by molar-refractivity contribution is -0.123. The highest BCUT2D eigenvalue weighted by Crippen LogP contribution is 2.68. The number of hydrogen-bond acceptors (Lipinski definition) is 8. The molecule has 21 heteroatoms.